The van der Waals surface area contributed by atoms with Gasteiger partial charge in [0.1, 0.15) is 6.29 Å². The summed E-state index contributed by atoms with van der Waals surface area (Å²) >= 11 is 0. The molecule has 0 bridgehead atoms. The third-order valence-electron chi connectivity index (χ3n) is 11.4. The van der Waals surface area contributed by atoms with Gasteiger partial charge in [-0.2, -0.15) is 0 Å². The van der Waals surface area contributed by atoms with Gasteiger partial charge in [0.2, 0.25) is 0 Å². The van der Waals surface area contributed by atoms with Crippen molar-refractivity contribution in [3.63, 3.8) is 0 Å². The summed E-state index contributed by atoms with van der Waals surface area (Å²) in [7, 11) is -1.95. The molecule has 194 valence electrons. The number of carbonyl (C=O) groups is 1. The summed E-state index contributed by atoms with van der Waals surface area (Å²) in [6.45, 7) is 18.0. The topological polar surface area (TPSA) is 65.0 Å². The minimum absolute atomic E-state index is 0.0428. The van der Waals surface area contributed by atoms with Crippen LogP contribution in [-0.4, -0.2) is 49.9 Å². The second-order valence-electron chi connectivity index (χ2n) is 14.6. The standard InChI is InChI=1S/C28H48O5Si/c1-25(2,3)34(7,8)33-20-13-12-17-21-22(19(30)15-27(17,20)6)28(16-29)14-10-9-11-18(28)23-24(21)32-26(4,5)31-23/h16-24,30H,9-15H2,1-8H3/t17?,18?,19-,20-,21?,22?,23+,24+,27-,28+/m0/s1. The van der Waals surface area contributed by atoms with Crippen LogP contribution in [-0.2, 0) is 18.7 Å². The molecule has 5 rings (SSSR count). The van der Waals surface area contributed by atoms with Crippen molar-refractivity contribution in [2.45, 2.75) is 135 Å². The van der Waals surface area contributed by atoms with Crippen LogP contribution >= 0.6 is 0 Å². The molecular formula is C28H48O5Si. The van der Waals surface area contributed by atoms with Gasteiger partial charge in [-0.15, -0.1) is 0 Å². The first-order valence-corrected chi connectivity index (χ1v) is 16.8. The Hall–Kier alpha value is -0.273. The fourth-order valence-electron chi connectivity index (χ4n) is 8.89. The van der Waals surface area contributed by atoms with Gasteiger partial charge in [0, 0.05) is 17.3 Å². The van der Waals surface area contributed by atoms with Gasteiger partial charge in [0.15, 0.2) is 14.1 Å². The van der Waals surface area contributed by atoms with E-state index in [0.717, 1.165) is 44.9 Å². The molecule has 0 spiro atoms. The lowest BCUT2D eigenvalue weighted by Gasteiger charge is -2.63. The molecule has 0 aromatic carbocycles. The van der Waals surface area contributed by atoms with E-state index < -0.39 is 25.6 Å². The highest BCUT2D eigenvalue weighted by Gasteiger charge is 2.71. The SMILES string of the molecule is CC1(C)O[C@@H]2C3C([C@@H](O)C[C@@]4(C)C3CC[C@@H]4O[Si](C)(C)C(C)(C)C)[C@@]3(C=O)CCCCC3[C@H]2O1. The highest BCUT2D eigenvalue weighted by molar-refractivity contribution is 6.74. The lowest BCUT2D eigenvalue weighted by atomic mass is 9.43. The largest absolute Gasteiger partial charge is 0.413 e. The molecule has 1 aliphatic heterocycles. The van der Waals surface area contributed by atoms with E-state index in [-0.39, 0.29) is 46.5 Å². The smallest absolute Gasteiger partial charge is 0.192 e. The van der Waals surface area contributed by atoms with Gasteiger partial charge in [-0.3, -0.25) is 0 Å². The number of hydrogen-bond acceptors (Lipinski definition) is 5. The zero-order valence-electron chi connectivity index (χ0n) is 22.7. The minimum atomic E-state index is -1.95. The van der Waals surface area contributed by atoms with Crippen molar-refractivity contribution in [3.05, 3.63) is 0 Å². The zero-order chi connectivity index (χ0) is 24.9. The average Bonchev–Trinajstić information content (AvgIpc) is 3.21. The Bertz CT molecular complexity index is 820. The van der Waals surface area contributed by atoms with E-state index in [1.807, 2.05) is 13.8 Å². The van der Waals surface area contributed by atoms with Gasteiger partial charge in [-0.1, -0.05) is 40.5 Å². The second kappa shape index (κ2) is 7.86. The summed E-state index contributed by atoms with van der Waals surface area (Å²) in [5, 5.41) is 12.0. The van der Waals surface area contributed by atoms with E-state index in [2.05, 4.69) is 40.8 Å². The summed E-state index contributed by atoms with van der Waals surface area (Å²) in [6, 6.07) is 0. The molecule has 5 aliphatic rings. The molecular weight excluding hydrogens is 444 g/mol. The third-order valence-corrected chi connectivity index (χ3v) is 15.8. The lowest BCUT2D eigenvalue weighted by molar-refractivity contribution is -0.217. The third kappa shape index (κ3) is 3.48. The average molecular weight is 493 g/mol. The van der Waals surface area contributed by atoms with Crippen molar-refractivity contribution in [3.8, 4) is 0 Å². The van der Waals surface area contributed by atoms with E-state index >= 15 is 0 Å². The van der Waals surface area contributed by atoms with Crippen molar-refractivity contribution >= 4 is 14.6 Å². The summed E-state index contributed by atoms with van der Waals surface area (Å²) < 4.78 is 20.3. The fourth-order valence-corrected chi connectivity index (χ4v) is 10.3. The van der Waals surface area contributed by atoms with Gasteiger partial charge >= 0.3 is 0 Å². The Labute approximate surface area is 207 Å². The fraction of sp³-hybridized carbons (Fsp3) is 0.964. The summed E-state index contributed by atoms with van der Waals surface area (Å²) in [4.78, 5) is 13.0. The molecule has 4 saturated carbocycles. The number of ether oxygens (including phenoxy) is 2. The maximum atomic E-state index is 13.0. The van der Waals surface area contributed by atoms with E-state index in [4.69, 9.17) is 13.9 Å². The van der Waals surface area contributed by atoms with Crippen molar-refractivity contribution in [1.82, 2.24) is 0 Å². The zero-order valence-corrected chi connectivity index (χ0v) is 23.7. The normalized spacial score (nSPS) is 50.1. The number of aliphatic hydroxyl groups is 1. The first kappa shape index (κ1) is 25.4. The molecule has 0 aromatic rings. The van der Waals surface area contributed by atoms with Gasteiger partial charge < -0.3 is 23.8 Å². The molecule has 10 atom stereocenters. The van der Waals surface area contributed by atoms with E-state index in [0.29, 0.717) is 5.92 Å². The monoisotopic (exact) mass is 492 g/mol. The van der Waals surface area contributed by atoms with Crippen LogP contribution in [0.5, 0.6) is 0 Å². The van der Waals surface area contributed by atoms with Crippen molar-refractivity contribution in [2.24, 2.45) is 34.5 Å². The Morgan fingerprint density at radius 1 is 1.00 bits per heavy atom. The molecule has 4 unspecified atom stereocenters. The first-order chi connectivity index (χ1) is 15.7. The molecule has 1 saturated heterocycles. The Morgan fingerprint density at radius 3 is 2.32 bits per heavy atom. The second-order valence-corrected chi connectivity index (χ2v) is 19.3. The minimum Gasteiger partial charge on any atom is -0.413 e. The Balaban J connectivity index is 1.55. The molecule has 1 N–H and O–H groups in total. The number of aliphatic hydroxyl groups excluding tert-OH is 1. The highest BCUT2D eigenvalue weighted by atomic mass is 28.4. The van der Waals surface area contributed by atoms with Crippen molar-refractivity contribution in [1.29, 1.82) is 0 Å². The van der Waals surface area contributed by atoms with Gasteiger partial charge in [0.05, 0.1) is 24.4 Å². The van der Waals surface area contributed by atoms with E-state index in [1.54, 1.807) is 0 Å². The number of fused-ring (bicyclic) bond motifs is 8. The van der Waals surface area contributed by atoms with Gasteiger partial charge in [-0.25, -0.2) is 0 Å². The van der Waals surface area contributed by atoms with Crippen LogP contribution in [0.4, 0.5) is 0 Å². The van der Waals surface area contributed by atoms with Gasteiger partial charge in [0.25, 0.3) is 0 Å². The van der Waals surface area contributed by atoms with E-state index in [1.165, 1.54) is 6.29 Å². The van der Waals surface area contributed by atoms with Crippen LogP contribution in [0.1, 0.15) is 86.5 Å². The predicted molar refractivity (Wildman–Crippen MR) is 135 cm³/mol. The van der Waals surface area contributed by atoms with Gasteiger partial charge in [-0.05, 0) is 81.3 Å². The molecule has 5 nitrogen and oxygen atoms in total. The maximum absolute atomic E-state index is 13.0. The van der Waals surface area contributed by atoms with Crippen LogP contribution in [0.3, 0.4) is 0 Å². The summed E-state index contributed by atoms with van der Waals surface area (Å²) in [5.74, 6) is -0.0382. The lowest BCUT2D eigenvalue weighted by Crippen LogP contribution is -2.68. The van der Waals surface area contributed by atoms with Crippen molar-refractivity contribution in [2.75, 3.05) is 0 Å². The highest BCUT2D eigenvalue weighted by Crippen LogP contribution is 2.68. The van der Waals surface area contributed by atoms with Crippen LogP contribution in [0.15, 0.2) is 0 Å². The van der Waals surface area contributed by atoms with E-state index in [9.17, 15) is 9.90 Å². The number of aldehydes is 1. The summed E-state index contributed by atoms with van der Waals surface area (Å²) in [6.07, 6.45) is 7.67. The summed E-state index contributed by atoms with van der Waals surface area (Å²) in [5.41, 5.74) is -0.602. The number of carbonyl (C=O) groups excluding carboxylic acids is 1. The van der Waals surface area contributed by atoms with Crippen LogP contribution in [0, 0.1) is 34.5 Å². The number of rotatable bonds is 3. The molecule has 34 heavy (non-hydrogen) atoms. The predicted octanol–water partition coefficient (Wildman–Crippen LogP) is 5.70. The molecule has 5 fully saturated rings. The Morgan fingerprint density at radius 2 is 1.68 bits per heavy atom. The molecule has 4 aliphatic carbocycles. The molecule has 1 heterocycles. The first-order valence-electron chi connectivity index (χ1n) is 13.8. The molecule has 6 heteroatoms. The van der Waals surface area contributed by atoms with Crippen LogP contribution < -0.4 is 0 Å². The molecule has 0 aromatic heterocycles. The maximum Gasteiger partial charge on any atom is 0.192 e. The number of hydrogen-bond donors (Lipinski definition) is 1. The van der Waals surface area contributed by atoms with Crippen LogP contribution in [0.25, 0.3) is 0 Å². The molecule has 0 radical (unpaired) electrons. The quantitative estimate of drug-likeness (QED) is 0.404. The van der Waals surface area contributed by atoms with Crippen LogP contribution in [0.2, 0.25) is 18.1 Å². The Kier molecular flexibility index (Phi) is 5.87. The molecule has 0 amide bonds. The van der Waals surface area contributed by atoms with Crippen molar-refractivity contribution < 1.29 is 23.8 Å².